The average molecular weight is 382 g/mol. The maximum Gasteiger partial charge on any atom is 0.132 e. The fourth-order valence-corrected chi connectivity index (χ4v) is 2.37. The van der Waals surface area contributed by atoms with Crippen LogP contribution in [0.15, 0.2) is 42.5 Å². The Labute approximate surface area is 131 Å². The van der Waals surface area contributed by atoms with Crippen molar-refractivity contribution in [1.29, 1.82) is 0 Å². The van der Waals surface area contributed by atoms with Gasteiger partial charge in [0.1, 0.15) is 18.1 Å². The number of halogens is 1. The van der Waals surface area contributed by atoms with E-state index in [2.05, 4.69) is 22.6 Å². The van der Waals surface area contributed by atoms with Gasteiger partial charge in [0.05, 0.1) is 10.2 Å². The molecule has 2 rings (SSSR count). The van der Waals surface area contributed by atoms with Gasteiger partial charge >= 0.3 is 0 Å². The van der Waals surface area contributed by atoms with E-state index >= 15 is 0 Å². The third kappa shape index (κ3) is 4.25. The van der Waals surface area contributed by atoms with Gasteiger partial charge in [0, 0.05) is 0 Å². The molecule has 0 spiro atoms. The molecule has 4 heteroatoms. The van der Waals surface area contributed by atoms with Gasteiger partial charge in [0.2, 0.25) is 0 Å². The van der Waals surface area contributed by atoms with Gasteiger partial charge < -0.3 is 14.9 Å². The third-order valence-electron chi connectivity index (χ3n) is 2.67. The number of aromatic hydroxyl groups is 1. The monoisotopic (exact) mass is 382 g/mol. The zero-order chi connectivity index (χ0) is 14.4. The van der Waals surface area contributed by atoms with Gasteiger partial charge in [-0.15, -0.1) is 0 Å². The second kappa shape index (κ2) is 7.31. The Balaban J connectivity index is 2.09. The average Bonchev–Trinajstić information content (AvgIpc) is 2.46. The number of phenols is 1. The molecule has 0 saturated carbocycles. The quantitative estimate of drug-likeness (QED) is 0.615. The molecule has 2 aromatic rings. The molecular weight excluding hydrogens is 367 g/mol. The van der Waals surface area contributed by atoms with Gasteiger partial charge in [-0.25, -0.2) is 0 Å². The summed E-state index contributed by atoms with van der Waals surface area (Å²) >= 11 is 2.21. The maximum atomic E-state index is 9.22. The van der Waals surface area contributed by atoms with Crippen LogP contribution in [0.5, 0.6) is 11.5 Å². The van der Waals surface area contributed by atoms with Crippen LogP contribution in [0.1, 0.15) is 11.1 Å². The van der Waals surface area contributed by atoms with Gasteiger partial charge in [-0.3, -0.25) is 0 Å². The summed E-state index contributed by atoms with van der Waals surface area (Å²) in [7, 11) is 0. The highest BCUT2D eigenvalue weighted by molar-refractivity contribution is 14.1. The molecule has 0 heterocycles. The largest absolute Gasteiger partial charge is 0.508 e. The predicted molar refractivity (Wildman–Crippen MR) is 88.8 cm³/mol. The Morgan fingerprint density at radius 3 is 2.30 bits per heavy atom. The van der Waals surface area contributed by atoms with Crippen LogP contribution in [0.25, 0.3) is 12.2 Å². The first-order valence-electron chi connectivity index (χ1n) is 6.19. The van der Waals surface area contributed by atoms with Crippen LogP contribution in [0.4, 0.5) is 0 Å². The molecule has 0 atom stereocenters. The summed E-state index contributed by atoms with van der Waals surface area (Å²) in [5, 5.41) is 18.0. The van der Waals surface area contributed by atoms with E-state index in [4.69, 9.17) is 9.84 Å². The van der Waals surface area contributed by atoms with Gasteiger partial charge in [-0.1, -0.05) is 30.4 Å². The van der Waals surface area contributed by atoms with Crippen molar-refractivity contribution in [1.82, 2.24) is 0 Å². The maximum absolute atomic E-state index is 9.22. The molecule has 0 aromatic heterocycles. The lowest BCUT2D eigenvalue weighted by Crippen LogP contribution is -2.02. The van der Waals surface area contributed by atoms with Crippen LogP contribution in [-0.4, -0.2) is 23.4 Å². The van der Waals surface area contributed by atoms with E-state index in [0.717, 1.165) is 20.4 Å². The second-order valence-electron chi connectivity index (χ2n) is 4.19. The molecule has 104 valence electrons. The smallest absolute Gasteiger partial charge is 0.132 e. The minimum absolute atomic E-state index is 0.0125. The first-order valence-corrected chi connectivity index (χ1v) is 7.27. The van der Waals surface area contributed by atoms with Crippen molar-refractivity contribution in [2.45, 2.75) is 0 Å². The van der Waals surface area contributed by atoms with Crippen LogP contribution < -0.4 is 4.74 Å². The van der Waals surface area contributed by atoms with Crippen molar-refractivity contribution in [2.75, 3.05) is 13.2 Å². The molecule has 0 unspecified atom stereocenters. The van der Waals surface area contributed by atoms with Crippen molar-refractivity contribution >= 4 is 34.7 Å². The summed E-state index contributed by atoms with van der Waals surface area (Å²) in [5.41, 5.74) is 2.09. The second-order valence-corrected chi connectivity index (χ2v) is 5.35. The molecule has 0 aliphatic rings. The Hall–Kier alpha value is -1.53. The normalized spacial score (nSPS) is 10.9. The Kier molecular flexibility index (Phi) is 5.43. The van der Waals surface area contributed by atoms with Crippen molar-refractivity contribution in [2.24, 2.45) is 0 Å². The van der Waals surface area contributed by atoms with Gasteiger partial charge in [0.25, 0.3) is 0 Å². The lowest BCUT2D eigenvalue weighted by Gasteiger charge is -2.07. The number of hydrogen-bond acceptors (Lipinski definition) is 3. The van der Waals surface area contributed by atoms with E-state index in [-0.39, 0.29) is 12.4 Å². The third-order valence-corrected chi connectivity index (χ3v) is 3.51. The van der Waals surface area contributed by atoms with Crippen LogP contribution in [0.2, 0.25) is 0 Å². The number of hydrogen-bond donors (Lipinski definition) is 2. The summed E-state index contributed by atoms with van der Waals surface area (Å²) in [6.07, 6.45) is 3.99. The molecule has 2 aromatic carbocycles. The summed E-state index contributed by atoms with van der Waals surface area (Å²) in [5.74, 6) is 1.04. The number of ether oxygens (including phenoxy) is 1. The molecule has 0 amide bonds. The SMILES string of the molecule is OCCOc1ccc(/C=C/c2ccc(O)cc2)cc1I. The molecule has 0 saturated heterocycles. The Morgan fingerprint density at radius 1 is 1.00 bits per heavy atom. The first-order chi connectivity index (χ1) is 9.69. The first kappa shape index (κ1) is 14.9. The molecular formula is C16H15IO3. The molecule has 0 aliphatic carbocycles. The number of phenolic OH excluding ortho intramolecular Hbond substituents is 1. The summed E-state index contributed by atoms with van der Waals surface area (Å²) in [6, 6.07) is 12.9. The fraction of sp³-hybridized carbons (Fsp3) is 0.125. The number of benzene rings is 2. The highest BCUT2D eigenvalue weighted by atomic mass is 127. The van der Waals surface area contributed by atoms with Gasteiger partial charge in [-0.2, -0.15) is 0 Å². The van der Waals surface area contributed by atoms with Crippen LogP contribution in [0.3, 0.4) is 0 Å². The minimum atomic E-state index is 0.0125. The highest BCUT2D eigenvalue weighted by Crippen LogP contribution is 2.23. The Bertz CT molecular complexity index is 591. The van der Waals surface area contributed by atoms with Crippen molar-refractivity contribution < 1.29 is 14.9 Å². The fourth-order valence-electron chi connectivity index (χ4n) is 1.67. The van der Waals surface area contributed by atoms with Crippen LogP contribution >= 0.6 is 22.6 Å². The zero-order valence-corrected chi connectivity index (χ0v) is 12.9. The standard InChI is InChI=1S/C16H15IO3/c17-15-11-13(5-8-16(15)20-10-9-18)2-1-12-3-6-14(19)7-4-12/h1-8,11,18-19H,9-10H2/b2-1+. The van der Waals surface area contributed by atoms with E-state index in [1.807, 2.05) is 42.5 Å². The molecule has 0 fully saturated rings. The minimum Gasteiger partial charge on any atom is -0.508 e. The summed E-state index contributed by atoms with van der Waals surface area (Å²) in [4.78, 5) is 0. The van der Waals surface area contributed by atoms with E-state index in [0.29, 0.717) is 6.61 Å². The lowest BCUT2D eigenvalue weighted by molar-refractivity contribution is 0.200. The molecule has 0 bridgehead atoms. The van der Waals surface area contributed by atoms with Crippen molar-refractivity contribution in [3.05, 3.63) is 57.2 Å². The van der Waals surface area contributed by atoms with Gasteiger partial charge in [-0.05, 0) is 58.0 Å². The molecule has 20 heavy (non-hydrogen) atoms. The van der Waals surface area contributed by atoms with E-state index in [1.165, 1.54) is 0 Å². The topological polar surface area (TPSA) is 49.7 Å². The van der Waals surface area contributed by atoms with Crippen LogP contribution in [-0.2, 0) is 0 Å². The van der Waals surface area contributed by atoms with E-state index < -0.39 is 0 Å². The number of rotatable bonds is 5. The zero-order valence-electron chi connectivity index (χ0n) is 10.8. The van der Waals surface area contributed by atoms with Crippen molar-refractivity contribution in [3.63, 3.8) is 0 Å². The summed E-state index contributed by atoms with van der Waals surface area (Å²) in [6.45, 7) is 0.317. The Morgan fingerprint density at radius 2 is 1.65 bits per heavy atom. The lowest BCUT2D eigenvalue weighted by atomic mass is 10.1. The molecule has 0 aliphatic heterocycles. The molecule has 2 N–H and O–H groups in total. The molecule has 0 radical (unpaired) electrons. The van der Waals surface area contributed by atoms with E-state index in [9.17, 15) is 5.11 Å². The van der Waals surface area contributed by atoms with Gasteiger partial charge in [0.15, 0.2) is 0 Å². The number of aliphatic hydroxyl groups is 1. The van der Waals surface area contributed by atoms with Crippen LogP contribution in [0, 0.1) is 3.57 Å². The molecule has 3 nitrogen and oxygen atoms in total. The highest BCUT2D eigenvalue weighted by Gasteiger charge is 2.01. The van der Waals surface area contributed by atoms with E-state index in [1.54, 1.807) is 12.1 Å². The number of aliphatic hydroxyl groups excluding tert-OH is 1. The predicted octanol–water partition coefficient (Wildman–Crippen LogP) is 3.54. The van der Waals surface area contributed by atoms with Crippen molar-refractivity contribution in [3.8, 4) is 11.5 Å². The summed E-state index contributed by atoms with van der Waals surface area (Å²) < 4.78 is 6.41.